The summed E-state index contributed by atoms with van der Waals surface area (Å²) < 4.78 is 0. The Labute approximate surface area is 197 Å². The zero-order chi connectivity index (χ0) is 23.3. The molecule has 0 radical (unpaired) electrons. The normalized spacial score (nSPS) is 18.3. The first-order valence-electron chi connectivity index (χ1n) is 11.6. The smallest absolute Gasteiger partial charge is 0.253 e. The zero-order valence-corrected chi connectivity index (χ0v) is 18.7. The second kappa shape index (κ2) is 9.89. The SMILES string of the molecule is O=C(N[C@@H]1CCCC[C@@H]1O)c1ccccc1Nc1ccc2c(/C=C/c3ccccn3)n[nH]c2c1. The van der Waals surface area contributed by atoms with Gasteiger partial charge in [-0.1, -0.05) is 31.0 Å². The largest absolute Gasteiger partial charge is 0.391 e. The number of pyridine rings is 1. The molecular weight excluding hydrogens is 426 g/mol. The second-order valence-corrected chi connectivity index (χ2v) is 8.56. The number of fused-ring (bicyclic) bond motifs is 1. The molecule has 1 aliphatic carbocycles. The number of carbonyl (C=O) groups excluding carboxylic acids is 1. The van der Waals surface area contributed by atoms with Crippen molar-refractivity contribution in [1.82, 2.24) is 20.5 Å². The molecule has 172 valence electrons. The van der Waals surface area contributed by atoms with Gasteiger partial charge in [-0.2, -0.15) is 5.10 Å². The molecule has 1 saturated carbocycles. The van der Waals surface area contributed by atoms with Gasteiger partial charge in [-0.25, -0.2) is 0 Å². The Morgan fingerprint density at radius 1 is 1.03 bits per heavy atom. The number of aliphatic hydroxyl groups is 1. The molecule has 7 heteroatoms. The summed E-state index contributed by atoms with van der Waals surface area (Å²) in [5, 5.41) is 25.1. The predicted molar refractivity (Wildman–Crippen MR) is 135 cm³/mol. The molecule has 0 aliphatic heterocycles. The lowest BCUT2D eigenvalue weighted by Crippen LogP contribution is -2.45. The van der Waals surface area contributed by atoms with Crippen molar-refractivity contribution in [2.24, 2.45) is 0 Å². The number of nitrogens with zero attached hydrogens (tertiary/aromatic N) is 2. The van der Waals surface area contributed by atoms with Crippen LogP contribution in [-0.4, -0.2) is 38.3 Å². The summed E-state index contributed by atoms with van der Waals surface area (Å²) in [6, 6.07) is 18.9. The van der Waals surface area contributed by atoms with E-state index >= 15 is 0 Å². The lowest BCUT2D eigenvalue weighted by atomic mass is 9.92. The molecule has 1 aliphatic rings. The molecule has 7 nitrogen and oxygen atoms in total. The average Bonchev–Trinajstić information content (AvgIpc) is 3.27. The van der Waals surface area contributed by atoms with Crippen LogP contribution in [0.25, 0.3) is 23.1 Å². The number of aliphatic hydroxyl groups excluding tert-OH is 1. The Morgan fingerprint density at radius 3 is 2.74 bits per heavy atom. The van der Waals surface area contributed by atoms with Crippen LogP contribution in [0.15, 0.2) is 66.9 Å². The van der Waals surface area contributed by atoms with E-state index in [2.05, 4.69) is 25.8 Å². The van der Waals surface area contributed by atoms with Gasteiger partial charge in [0.2, 0.25) is 0 Å². The number of benzene rings is 2. The predicted octanol–water partition coefficient (Wildman–Crippen LogP) is 4.91. The molecule has 5 rings (SSSR count). The minimum absolute atomic E-state index is 0.182. The highest BCUT2D eigenvalue weighted by Gasteiger charge is 2.25. The highest BCUT2D eigenvalue weighted by atomic mass is 16.3. The van der Waals surface area contributed by atoms with Crippen molar-refractivity contribution in [2.45, 2.75) is 37.8 Å². The Bertz CT molecular complexity index is 1320. The van der Waals surface area contributed by atoms with Gasteiger partial charge in [-0.3, -0.25) is 14.9 Å². The van der Waals surface area contributed by atoms with E-state index in [0.717, 1.165) is 53.7 Å². The van der Waals surface area contributed by atoms with Crippen molar-refractivity contribution in [3.05, 3.63) is 83.8 Å². The zero-order valence-electron chi connectivity index (χ0n) is 18.7. The van der Waals surface area contributed by atoms with Gasteiger partial charge < -0.3 is 15.7 Å². The van der Waals surface area contributed by atoms with Crippen LogP contribution in [-0.2, 0) is 0 Å². The molecule has 1 amide bonds. The van der Waals surface area contributed by atoms with E-state index in [-0.39, 0.29) is 11.9 Å². The first-order chi connectivity index (χ1) is 16.7. The molecular formula is C27H27N5O2. The summed E-state index contributed by atoms with van der Waals surface area (Å²) in [4.78, 5) is 17.3. The number of aromatic amines is 1. The fourth-order valence-corrected chi connectivity index (χ4v) is 4.36. The maximum atomic E-state index is 13.0. The lowest BCUT2D eigenvalue weighted by molar-refractivity contribution is 0.0718. The van der Waals surface area contributed by atoms with Crippen LogP contribution in [0.5, 0.6) is 0 Å². The monoisotopic (exact) mass is 453 g/mol. The topological polar surface area (TPSA) is 103 Å². The van der Waals surface area contributed by atoms with E-state index in [0.29, 0.717) is 11.3 Å². The molecule has 4 aromatic rings. The van der Waals surface area contributed by atoms with Crippen molar-refractivity contribution < 1.29 is 9.90 Å². The van der Waals surface area contributed by atoms with Gasteiger partial charge in [0.15, 0.2) is 0 Å². The van der Waals surface area contributed by atoms with Crippen LogP contribution in [0.4, 0.5) is 11.4 Å². The number of carbonyl (C=O) groups is 1. The maximum absolute atomic E-state index is 13.0. The standard InChI is InChI=1S/C27H27N5O2/c33-26-11-4-3-10-24(26)30-27(34)21-8-1-2-9-22(21)29-19-12-14-20-23(31-32-25(20)17-19)15-13-18-7-5-6-16-28-18/h1-2,5-9,12-17,24,26,29,33H,3-4,10-11H2,(H,30,34)(H,31,32)/b15-13+/t24-,26+/m1/s1. The first-order valence-corrected chi connectivity index (χ1v) is 11.6. The summed E-state index contributed by atoms with van der Waals surface area (Å²) in [5.74, 6) is -0.182. The van der Waals surface area contributed by atoms with Gasteiger partial charge in [0.05, 0.1) is 40.3 Å². The quantitative estimate of drug-likeness (QED) is 0.332. The van der Waals surface area contributed by atoms with E-state index in [1.54, 1.807) is 12.3 Å². The van der Waals surface area contributed by atoms with E-state index in [1.165, 1.54) is 0 Å². The Morgan fingerprint density at radius 2 is 1.88 bits per heavy atom. The Hall–Kier alpha value is -3.97. The summed E-state index contributed by atoms with van der Waals surface area (Å²) in [5.41, 5.74) is 4.68. The number of hydrogen-bond donors (Lipinski definition) is 4. The third kappa shape index (κ3) is 4.84. The third-order valence-electron chi connectivity index (χ3n) is 6.19. The molecule has 34 heavy (non-hydrogen) atoms. The van der Waals surface area contributed by atoms with Crippen LogP contribution in [0.1, 0.15) is 47.4 Å². The van der Waals surface area contributed by atoms with Crippen molar-refractivity contribution in [3.8, 4) is 0 Å². The van der Waals surface area contributed by atoms with Gasteiger partial charge in [-0.05, 0) is 67.5 Å². The van der Waals surface area contributed by atoms with Crippen LogP contribution < -0.4 is 10.6 Å². The Kier molecular flexibility index (Phi) is 6.35. The lowest BCUT2D eigenvalue weighted by Gasteiger charge is -2.28. The second-order valence-electron chi connectivity index (χ2n) is 8.56. The van der Waals surface area contributed by atoms with Crippen molar-refractivity contribution >= 4 is 40.3 Å². The van der Waals surface area contributed by atoms with Gasteiger partial charge >= 0.3 is 0 Å². The highest BCUT2D eigenvalue weighted by Crippen LogP contribution is 2.26. The minimum atomic E-state index is -0.485. The number of hydrogen-bond acceptors (Lipinski definition) is 5. The van der Waals surface area contributed by atoms with Gasteiger partial charge in [-0.15, -0.1) is 0 Å². The molecule has 1 fully saturated rings. The fourth-order valence-electron chi connectivity index (χ4n) is 4.36. The fraction of sp³-hybridized carbons (Fsp3) is 0.222. The number of rotatable bonds is 6. The molecule has 0 bridgehead atoms. The van der Waals surface area contributed by atoms with E-state index in [4.69, 9.17) is 0 Å². The molecule has 0 spiro atoms. The molecule has 2 aromatic heterocycles. The van der Waals surface area contributed by atoms with Crippen molar-refractivity contribution in [2.75, 3.05) is 5.32 Å². The first kappa shape index (κ1) is 21.9. The van der Waals surface area contributed by atoms with Gasteiger partial charge in [0.1, 0.15) is 0 Å². The number of anilines is 2. The summed E-state index contributed by atoms with van der Waals surface area (Å²) >= 11 is 0. The number of aromatic nitrogens is 3. The molecule has 2 aromatic carbocycles. The molecule has 4 N–H and O–H groups in total. The molecule has 0 unspecified atom stereocenters. The van der Waals surface area contributed by atoms with Crippen LogP contribution in [0.3, 0.4) is 0 Å². The molecule has 0 saturated heterocycles. The summed E-state index contributed by atoms with van der Waals surface area (Å²) in [6.07, 6.45) is 8.70. The molecule has 2 atom stereocenters. The number of nitrogens with one attached hydrogen (secondary N) is 3. The minimum Gasteiger partial charge on any atom is -0.391 e. The summed E-state index contributed by atoms with van der Waals surface area (Å²) in [6.45, 7) is 0. The van der Waals surface area contributed by atoms with Crippen LogP contribution >= 0.6 is 0 Å². The molecule has 2 heterocycles. The maximum Gasteiger partial charge on any atom is 0.253 e. The number of para-hydroxylation sites is 1. The van der Waals surface area contributed by atoms with Gasteiger partial charge in [0, 0.05) is 17.3 Å². The van der Waals surface area contributed by atoms with Crippen LogP contribution in [0.2, 0.25) is 0 Å². The van der Waals surface area contributed by atoms with Crippen LogP contribution in [0, 0.1) is 0 Å². The number of H-pyrrole nitrogens is 1. The summed E-state index contributed by atoms with van der Waals surface area (Å²) in [7, 11) is 0. The van der Waals surface area contributed by atoms with Crippen molar-refractivity contribution in [3.63, 3.8) is 0 Å². The van der Waals surface area contributed by atoms with E-state index in [1.807, 2.05) is 66.7 Å². The van der Waals surface area contributed by atoms with E-state index < -0.39 is 6.10 Å². The van der Waals surface area contributed by atoms with Gasteiger partial charge in [0.25, 0.3) is 5.91 Å². The third-order valence-corrected chi connectivity index (χ3v) is 6.19. The number of amides is 1. The average molecular weight is 454 g/mol. The van der Waals surface area contributed by atoms with E-state index in [9.17, 15) is 9.90 Å². The Balaban J connectivity index is 1.33. The van der Waals surface area contributed by atoms with Crippen molar-refractivity contribution in [1.29, 1.82) is 0 Å². The highest BCUT2D eigenvalue weighted by molar-refractivity contribution is 6.01.